The van der Waals surface area contributed by atoms with E-state index in [0.29, 0.717) is 9.90 Å². The van der Waals surface area contributed by atoms with Crippen LogP contribution in [0, 0.1) is 17.0 Å². The quantitative estimate of drug-likeness (QED) is 0.262. The lowest BCUT2D eigenvalue weighted by atomic mass is 10.1. The Morgan fingerprint density at radius 2 is 2.10 bits per heavy atom. The molecule has 1 aromatic heterocycles. The Bertz CT molecular complexity index is 1010. The average molecular weight is 460 g/mol. The summed E-state index contributed by atoms with van der Waals surface area (Å²) in [6.07, 6.45) is 1.91. The van der Waals surface area contributed by atoms with Crippen LogP contribution < -0.4 is 9.62 Å². The minimum Gasteiger partial charge on any atom is -0.299 e. The Labute approximate surface area is 176 Å². The number of aromatic nitrogens is 2. The first-order valence-electron chi connectivity index (χ1n) is 8.56. The Kier molecular flexibility index (Phi) is 7.54. The summed E-state index contributed by atoms with van der Waals surface area (Å²) in [4.78, 5) is 23.2. The minimum absolute atomic E-state index is 0.0702. The maximum absolute atomic E-state index is 12.7. The molecule has 1 aromatic carbocycles. The van der Waals surface area contributed by atoms with Crippen LogP contribution in [0.25, 0.3) is 0 Å². The number of carbonyl (C=O) groups is 1. The average Bonchev–Trinajstić information content (AvgIpc) is 3.07. The Morgan fingerprint density at radius 3 is 2.69 bits per heavy atom. The highest BCUT2D eigenvalue weighted by Gasteiger charge is 2.31. The van der Waals surface area contributed by atoms with Crippen LogP contribution in [-0.4, -0.2) is 47.5 Å². The highest BCUT2D eigenvalue weighted by atomic mass is 32.2. The van der Waals surface area contributed by atoms with Crippen molar-refractivity contribution in [3.63, 3.8) is 0 Å². The van der Waals surface area contributed by atoms with E-state index in [2.05, 4.69) is 15.5 Å². The number of benzene rings is 1. The number of hydrogen-bond donors (Lipinski definition) is 1. The van der Waals surface area contributed by atoms with Gasteiger partial charge < -0.3 is 0 Å². The number of nitrogens with one attached hydrogen (secondary N) is 1. The molecule has 0 aliphatic carbocycles. The van der Waals surface area contributed by atoms with Crippen LogP contribution in [0.15, 0.2) is 22.5 Å². The SMILES string of the molecule is CCCSc1nnc(NC(=O)[C@@H](C)N(c2cc([N+](=O)[O-])ccc2C)S(C)(=O)=O)s1. The number of hydrogen-bond acceptors (Lipinski definition) is 9. The number of sulfonamides is 1. The van der Waals surface area contributed by atoms with E-state index in [4.69, 9.17) is 0 Å². The number of nitrogens with zero attached hydrogens (tertiary/aromatic N) is 4. The van der Waals surface area contributed by atoms with E-state index in [0.717, 1.165) is 28.8 Å². The molecule has 0 saturated heterocycles. The monoisotopic (exact) mass is 459 g/mol. The van der Waals surface area contributed by atoms with Crippen molar-refractivity contribution in [1.29, 1.82) is 0 Å². The zero-order valence-electron chi connectivity index (χ0n) is 16.3. The van der Waals surface area contributed by atoms with Crippen LogP contribution in [0.2, 0.25) is 0 Å². The lowest BCUT2D eigenvalue weighted by Gasteiger charge is -2.29. The van der Waals surface area contributed by atoms with Crippen molar-refractivity contribution in [2.45, 2.75) is 37.6 Å². The summed E-state index contributed by atoms with van der Waals surface area (Å²) in [5, 5.41) is 21.8. The van der Waals surface area contributed by atoms with Crippen molar-refractivity contribution in [2.24, 2.45) is 0 Å². The molecule has 0 aliphatic heterocycles. The fraction of sp³-hybridized carbons (Fsp3) is 0.438. The smallest absolute Gasteiger partial charge is 0.271 e. The molecule has 1 atom stereocenters. The number of nitro groups is 1. The number of thioether (sulfide) groups is 1. The third kappa shape index (κ3) is 5.87. The number of amides is 1. The van der Waals surface area contributed by atoms with Crippen molar-refractivity contribution >= 4 is 55.5 Å². The van der Waals surface area contributed by atoms with E-state index < -0.39 is 26.9 Å². The van der Waals surface area contributed by atoms with Crippen molar-refractivity contribution in [3.8, 4) is 0 Å². The van der Waals surface area contributed by atoms with Crippen LogP contribution in [0.1, 0.15) is 25.8 Å². The highest BCUT2D eigenvalue weighted by Crippen LogP contribution is 2.30. The molecule has 0 saturated carbocycles. The second-order valence-corrected chi connectivity index (χ2v) is 10.4. The summed E-state index contributed by atoms with van der Waals surface area (Å²) < 4.78 is 26.4. The van der Waals surface area contributed by atoms with Crippen molar-refractivity contribution in [2.75, 3.05) is 21.6 Å². The third-order valence-corrected chi connectivity index (χ3v) is 7.20. The molecule has 0 bridgehead atoms. The van der Waals surface area contributed by atoms with Gasteiger partial charge in [-0.05, 0) is 25.8 Å². The van der Waals surface area contributed by atoms with Crippen molar-refractivity contribution < 1.29 is 18.1 Å². The molecule has 2 rings (SSSR count). The molecule has 29 heavy (non-hydrogen) atoms. The first-order valence-corrected chi connectivity index (χ1v) is 12.2. The zero-order chi connectivity index (χ0) is 21.8. The predicted octanol–water partition coefficient (Wildman–Crippen LogP) is 3.05. The summed E-state index contributed by atoms with van der Waals surface area (Å²) >= 11 is 2.71. The molecule has 0 spiro atoms. The standard InChI is InChI=1S/C16H21N5O5S3/c1-5-8-27-16-19-18-15(28-16)17-14(22)11(3)20(29(4,25)26)13-9-12(21(23)24)7-6-10(13)2/h6-7,9,11H,5,8H2,1-4H3,(H,17,18,22)/t11-/m1/s1. The van der Waals surface area contributed by atoms with E-state index in [9.17, 15) is 23.3 Å². The number of non-ortho nitro benzene ring substituents is 1. The lowest BCUT2D eigenvalue weighted by molar-refractivity contribution is -0.384. The molecular weight excluding hydrogens is 438 g/mol. The van der Waals surface area contributed by atoms with E-state index in [1.54, 1.807) is 6.92 Å². The second-order valence-electron chi connectivity index (χ2n) is 6.17. The van der Waals surface area contributed by atoms with Gasteiger partial charge in [0, 0.05) is 17.9 Å². The number of carbonyl (C=O) groups excluding carboxylic acids is 1. The molecule has 1 amide bonds. The van der Waals surface area contributed by atoms with Crippen molar-refractivity contribution in [1.82, 2.24) is 10.2 Å². The van der Waals surface area contributed by atoms with Gasteiger partial charge in [-0.25, -0.2) is 8.42 Å². The first-order chi connectivity index (χ1) is 13.5. The molecule has 10 nitrogen and oxygen atoms in total. The largest absolute Gasteiger partial charge is 0.299 e. The Morgan fingerprint density at radius 1 is 1.41 bits per heavy atom. The molecule has 1 heterocycles. The summed E-state index contributed by atoms with van der Waals surface area (Å²) in [6.45, 7) is 5.06. The van der Waals surface area contributed by atoms with Gasteiger partial charge in [-0.3, -0.25) is 24.5 Å². The fourth-order valence-electron chi connectivity index (χ4n) is 2.45. The van der Waals surface area contributed by atoms with Crippen LogP contribution in [-0.2, 0) is 14.8 Å². The van der Waals surface area contributed by atoms with Gasteiger partial charge in [-0.2, -0.15) is 0 Å². The lowest BCUT2D eigenvalue weighted by Crippen LogP contribution is -2.45. The summed E-state index contributed by atoms with van der Waals surface area (Å²) in [5.74, 6) is 0.247. The molecule has 2 aromatic rings. The Balaban J connectivity index is 2.31. The van der Waals surface area contributed by atoms with Gasteiger partial charge in [0.25, 0.3) is 5.69 Å². The molecule has 0 fully saturated rings. The minimum atomic E-state index is -3.91. The molecule has 13 heteroatoms. The third-order valence-electron chi connectivity index (χ3n) is 3.80. The van der Waals surface area contributed by atoms with E-state index in [1.165, 1.54) is 42.2 Å². The maximum atomic E-state index is 12.7. The van der Waals surface area contributed by atoms with Crippen LogP contribution in [0.3, 0.4) is 0 Å². The van der Waals surface area contributed by atoms with Crippen LogP contribution >= 0.6 is 23.1 Å². The molecule has 158 valence electrons. The van der Waals surface area contributed by atoms with E-state index >= 15 is 0 Å². The molecule has 0 unspecified atom stereocenters. The van der Waals surface area contributed by atoms with Gasteiger partial charge in [0.05, 0.1) is 16.9 Å². The summed E-state index contributed by atoms with van der Waals surface area (Å²) in [7, 11) is -3.91. The number of nitro benzene ring substituents is 1. The van der Waals surface area contributed by atoms with Gasteiger partial charge in [-0.15, -0.1) is 10.2 Å². The Hall–Kier alpha value is -2.25. The highest BCUT2D eigenvalue weighted by molar-refractivity contribution is 8.01. The number of rotatable bonds is 9. The van der Waals surface area contributed by atoms with Crippen molar-refractivity contribution in [3.05, 3.63) is 33.9 Å². The molecular formula is C16H21N5O5S3. The zero-order valence-corrected chi connectivity index (χ0v) is 18.7. The van der Waals surface area contributed by atoms with Gasteiger partial charge in [0.1, 0.15) is 6.04 Å². The van der Waals surface area contributed by atoms with Crippen LogP contribution in [0.4, 0.5) is 16.5 Å². The predicted molar refractivity (Wildman–Crippen MR) is 114 cm³/mol. The van der Waals surface area contributed by atoms with Gasteiger partial charge >= 0.3 is 0 Å². The number of aryl methyl sites for hydroxylation is 1. The molecule has 1 N–H and O–H groups in total. The summed E-state index contributed by atoms with van der Waals surface area (Å²) in [6, 6.07) is 2.70. The molecule has 0 aliphatic rings. The van der Waals surface area contributed by atoms with Gasteiger partial charge in [0.15, 0.2) is 4.34 Å². The number of anilines is 2. The first kappa shape index (κ1) is 23.0. The maximum Gasteiger partial charge on any atom is 0.271 e. The molecule has 0 radical (unpaired) electrons. The summed E-state index contributed by atoms with van der Waals surface area (Å²) in [5.41, 5.74) is 0.282. The van der Waals surface area contributed by atoms with Crippen LogP contribution in [0.5, 0.6) is 0 Å². The van der Waals surface area contributed by atoms with E-state index in [-0.39, 0.29) is 16.5 Å². The van der Waals surface area contributed by atoms with Gasteiger partial charge in [-0.1, -0.05) is 36.1 Å². The van der Waals surface area contributed by atoms with Gasteiger partial charge in [0.2, 0.25) is 21.1 Å². The van der Waals surface area contributed by atoms with E-state index in [1.807, 2.05) is 6.92 Å². The second kappa shape index (κ2) is 9.50. The topological polar surface area (TPSA) is 135 Å². The normalized spacial score (nSPS) is 12.4. The fourth-order valence-corrected chi connectivity index (χ4v) is 5.35.